The molecule has 0 unspecified atom stereocenters. The van der Waals surface area contributed by atoms with Crippen LogP contribution in [0.4, 0.5) is 13.2 Å². The van der Waals surface area contributed by atoms with E-state index in [0.717, 1.165) is 4.57 Å². The van der Waals surface area contributed by atoms with Crippen LogP contribution in [0.2, 0.25) is 0 Å². The molecule has 0 bridgehead atoms. The van der Waals surface area contributed by atoms with E-state index in [1.54, 1.807) is 6.07 Å². The predicted molar refractivity (Wildman–Crippen MR) is 109 cm³/mol. The summed E-state index contributed by atoms with van der Waals surface area (Å²) in [6.07, 6.45) is -2.89. The van der Waals surface area contributed by atoms with Crippen molar-refractivity contribution in [3.63, 3.8) is 0 Å². The van der Waals surface area contributed by atoms with Gasteiger partial charge in [-0.05, 0) is 37.1 Å². The van der Waals surface area contributed by atoms with Gasteiger partial charge in [0.05, 0.1) is 14.2 Å². The Morgan fingerprint density at radius 3 is 2.44 bits per heavy atom. The molecule has 0 aliphatic carbocycles. The van der Waals surface area contributed by atoms with Crippen LogP contribution in [0.3, 0.4) is 0 Å². The van der Waals surface area contributed by atoms with Crippen LogP contribution in [0.25, 0.3) is 11.2 Å². The van der Waals surface area contributed by atoms with E-state index in [9.17, 15) is 21.6 Å². The quantitative estimate of drug-likeness (QED) is 0.568. The van der Waals surface area contributed by atoms with E-state index in [1.807, 2.05) is 0 Å². The summed E-state index contributed by atoms with van der Waals surface area (Å²) in [7, 11) is -1.16. The molecule has 1 saturated heterocycles. The lowest BCUT2D eigenvalue weighted by Crippen LogP contribution is -2.39. The van der Waals surface area contributed by atoms with Crippen molar-refractivity contribution >= 4 is 21.2 Å². The number of ether oxygens (including phenoxy) is 2. The van der Waals surface area contributed by atoms with Gasteiger partial charge in [0, 0.05) is 31.4 Å². The molecular formula is C20H21F3N4O4S. The zero-order valence-electron chi connectivity index (χ0n) is 17.3. The standard InChI is InChI=1S/C20H21F3N4O4S/c1-30-14-5-6-16(31-2)17(12-14)32(28,29)26-10-7-13(8-11-26)27-18-15(4-3-9-24-18)25-19(27)20(21,22)23/h3-6,9,12-13H,7-8,10-11H2,1-2H3. The first kappa shape index (κ1) is 22.3. The maximum Gasteiger partial charge on any atom is 0.449 e. The number of pyridine rings is 1. The summed E-state index contributed by atoms with van der Waals surface area (Å²) in [5, 5.41) is 0. The maximum absolute atomic E-state index is 13.6. The number of aromatic nitrogens is 3. The Labute approximate surface area is 182 Å². The normalized spacial score (nSPS) is 16.4. The van der Waals surface area contributed by atoms with E-state index < -0.39 is 28.1 Å². The minimum atomic E-state index is -4.65. The largest absolute Gasteiger partial charge is 0.497 e. The van der Waals surface area contributed by atoms with E-state index in [0.29, 0.717) is 5.75 Å². The number of rotatable bonds is 5. The molecule has 0 spiro atoms. The van der Waals surface area contributed by atoms with Crippen molar-refractivity contribution < 1.29 is 31.1 Å². The van der Waals surface area contributed by atoms with Gasteiger partial charge in [0.2, 0.25) is 15.8 Å². The zero-order chi connectivity index (χ0) is 23.1. The Bertz CT molecular complexity index is 1240. The molecule has 1 fully saturated rings. The number of nitrogens with zero attached hydrogens (tertiary/aromatic N) is 4. The van der Waals surface area contributed by atoms with Gasteiger partial charge in [-0.2, -0.15) is 17.5 Å². The van der Waals surface area contributed by atoms with Crippen molar-refractivity contribution in [1.29, 1.82) is 0 Å². The summed E-state index contributed by atoms with van der Waals surface area (Å²) in [6, 6.07) is 6.86. The third-order valence-corrected chi connectivity index (χ3v) is 7.40. The number of methoxy groups -OCH3 is 2. The van der Waals surface area contributed by atoms with Gasteiger partial charge in [-0.3, -0.25) is 0 Å². The highest BCUT2D eigenvalue weighted by Crippen LogP contribution is 2.38. The van der Waals surface area contributed by atoms with Gasteiger partial charge in [0.25, 0.3) is 0 Å². The molecule has 0 N–H and O–H groups in total. The van der Waals surface area contributed by atoms with Crippen LogP contribution in [-0.2, 0) is 16.2 Å². The molecular weight excluding hydrogens is 449 g/mol. The first-order chi connectivity index (χ1) is 15.2. The van der Waals surface area contributed by atoms with Crippen LogP contribution < -0.4 is 9.47 Å². The van der Waals surface area contributed by atoms with Gasteiger partial charge < -0.3 is 14.0 Å². The van der Waals surface area contributed by atoms with Crippen molar-refractivity contribution in [2.24, 2.45) is 0 Å². The molecule has 32 heavy (non-hydrogen) atoms. The SMILES string of the molecule is COc1ccc(OC)c(S(=O)(=O)N2CCC(n3c(C(F)(F)F)nc4cccnc43)CC2)c1. The number of hydrogen-bond acceptors (Lipinski definition) is 6. The van der Waals surface area contributed by atoms with Crippen molar-refractivity contribution in [3.05, 3.63) is 42.4 Å². The molecule has 0 saturated carbocycles. The fraction of sp³-hybridized carbons (Fsp3) is 0.400. The van der Waals surface area contributed by atoms with E-state index in [4.69, 9.17) is 9.47 Å². The zero-order valence-corrected chi connectivity index (χ0v) is 18.2. The Hall–Kier alpha value is -2.86. The minimum absolute atomic E-state index is 0.0389. The summed E-state index contributed by atoms with van der Waals surface area (Å²) in [6.45, 7) is 0.0777. The summed E-state index contributed by atoms with van der Waals surface area (Å²) in [5.74, 6) is -0.510. The first-order valence-electron chi connectivity index (χ1n) is 9.79. The van der Waals surface area contributed by atoms with Gasteiger partial charge in [-0.1, -0.05) is 0 Å². The van der Waals surface area contributed by atoms with Crippen LogP contribution >= 0.6 is 0 Å². The topological polar surface area (TPSA) is 86.5 Å². The number of piperidine rings is 1. The second kappa shape index (κ2) is 8.24. The Balaban J connectivity index is 1.63. The number of benzene rings is 1. The highest BCUT2D eigenvalue weighted by molar-refractivity contribution is 7.89. The summed E-state index contributed by atoms with van der Waals surface area (Å²) in [5.41, 5.74) is 0.284. The smallest absolute Gasteiger partial charge is 0.449 e. The summed E-state index contributed by atoms with van der Waals surface area (Å²) < 4.78 is 80.1. The molecule has 172 valence electrons. The number of sulfonamides is 1. The number of fused-ring (bicyclic) bond motifs is 1. The monoisotopic (exact) mass is 470 g/mol. The van der Waals surface area contributed by atoms with Crippen molar-refractivity contribution in [2.45, 2.75) is 30.0 Å². The lowest BCUT2D eigenvalue weighted by Gasteiger charge is -2.33. The molecule has 0 atom stereocenters. The van der Waals surface area contributed by atoms with Gasteiger partial charge in [-0.25, -0.2) is 18.4 Å². The van der Waals surface area contributed by atoms with Crippen LogP contribution in [-0.4, -0.2) is 54.6 Å². The maximum atomic E-state index is 13.6. The van der Waals surface area contributed by atoms with E-state index in [2.05, 4.69) is 9.97 Å². The van der Waals surface area contributed by atoms with Gasteiger partial charge in [-0.15, -0.1) is 0 Å². The second-order valence-electron chi connectivity index (χ2n) is 7.30. The second-order valence-corrected chi connectivity index (χ2v) is 9.21. The molecule has 1 aromatic carbocycles. The van der Waals surface area contributed by atoms with Crippen molar-refractivity contribution in [3.8, 4) is 11.5 Å². The van der Waals surface area contributed by atoms with Crippen LogP contribution in [0.5, 0.6) is 11.5 Å². The van der Waals surface area contributed by atoms with Crippen LogP contribution in [0.15, 0.2) is 41.4 Å². The molecule has 1 aliphatic heterocycles. The number of alkyl halides is 3. The number of halogens is 3. The van der Waals surface area contributed by atoms with Crippen molar-refractivity contribution in [2.75, 3.05) is 27.3 Å². The first-order valence-corrected chi connectivity index (χ1v) is 11.2. The molecule has 2 aromatic heterocycles. The Morgan fingerprint density at radius 2 is 1.81 bits per heavy atom. The highest BCUT2D eigenvalue weighted by Gasteiger charge is 2.41. The Morgan fingerprint density at radius 1 is 1.09 bits per heavy atom. The summed E-state index contributed by atoms with van der Waals surface area (Å²) in [4.78, 5) is 7.76. The molecule has 12 heteroatoms. The average molecular weight is 470 g/mol. The number of imidazole rings is 1. The minimum Gasteiger partial charge on any atom is -0.497 e. The van der Waals surface area contributed by atoms with Gasteiger partial charge >= 0.3 is 6.18 Å². The van der Waals surface area contributed by atoms with Gasteiger partial charge in [0.15, 0.2) is 5.65 Å². The fourth-order valence-electron chi connectivity index (χ4n) is 3.94. The predicted octanol–water partition coefficient (Wildman–Crippen LogP) is 3.49. The molecule has 3 aromatic rings. The molecule has 4 rings (SSSR count). The van der Waals surface area contributed by atoms with Gasteiger partial charge in [0.1, 0.15) is 21.9 Å². The lowest BCUT2D eigenvalue weighted by atomic mass is 10.1. The number of hydrogen-bond donors (Lipinski definition) is 0. The third-order valence-electron chi connectivity index (χ3n) is 5.48. The molecule has 1 aliphatic rings. The fourth-order valence-corrected chi connectivity index (χ4v) is 5.58. The van der Waals surface area contributed by atoms with E-state index in [1.165, 1.54) is 49.0 Å². The van der Waals surface area contributed by atoms with E-state index >= 15 is 0 Å². The Kier molecular flexibility index (Phi) is 5.76. The highest BCUT2D eigenvalue weighted by atomic mass is 32.2. The molecule has 0 amide bonds. The molecule has 0 radical (unpaired) electrons. The lowest BCUT2D eigenvalue weighted by molar-refractivity contribution is -0.147. The van der Waals surface area contributed by atoms with E-state index in [-0.39, 0.29) is 47.7 Å². The third kappa shape index (κ3) is 3.88. The summed E-state index contributed by atoms with van der Waals surface area (Å²) >= 11 is 0. The molecule has 3 heterocycles. The van der Waals surface area contributed by atoms with Crippen molar-refractivity contribution in [1.82, 2.24) is 18.8 Å². The van der Waals surface area contributed by atoms with Crippen LogP contribution in [0.1, 0.15) is 24.7 Å². The molecule has 8 nitrogen and oxygen atoms in total. The van der Waals surface area contributed by atoms with Crippen LogP contribution in [0, 0.1) is 0 Å². The average Bonchev–Trinajstić information content (AvgIpc) is 3.19.